The quantitative estimate of drug-likeness (QED) is 0.703. The monoisotopic (exact) mass is 418 g/mol. The standard InChI is InChI=1S/C18H22ClF3N4O2/c19-15-4-1-3-14(18(20,21)22)17(15)24-16(27)13-26(6-2-5-23)8-7-25-9-11-28-12-10-25/h1,3-4H,2,6-13H2,(H,24,27). The van der Waals surface area contributed by atoms with Crippen molar-refractivity contribution in [3.05, 3.63) is 28.8 Å². The molecule has 10 heteroatoms. The Balaban J connectivity index is 2.00. The lowest BCUT2D eigenvalue weighted by Gasteiger charge is -2.29. The summed E-state index contributed by atoms with van der Waals surface area (Å²) in [4.78, 5) is 16.3. The van der Waals surface area contributed by atoms with Gasteiger partial charge in [0.15, 0.2) is 0 Å². The van der Waals surface area contributed by atoms with E-state index in [1.54, 1.807) is 4.90 Å². The molecule has 1 aromatic rings. The minimum absolute atomic E-state index is 0.130. The zero-order valence-electron chi connectivity index (χ0n) is 15.3. The molecule has 6 nitrogen and oxygen atoms in total. The van der Waals surface area contributed by atoms with Gasteiger partial charge in [-0.3, -0.25) is 14.6 Å². The number of para-hydroxylation sites is 1. The average Bonchev–Trinajstić information content (AvgIpc) is 2.65. The van der Waals surface area contributed by atoms with Crippen LogP contribution >= 0.6 is 11.6 Å². The smallest absolute Gasteiger partial charge is 0.379 e. The summed E-state index contributed by atoms with van der Waals surface area (Å²) in [6, 6.07) is 5.36. The van der Waals surface area contributed by atoms with E-state index in [1.165, 1.54) is 12.1 Å². The number of halogens is 4. The van der Waals surface area contributed by atoms with Crippen LogP contribution in [0.3, 0.4) is 0 Å². The molecule has 0 saturated carbocycles. The van der Waals surface area contributed by atoms with E-state index in [0.717, 1.165) is 19.2 Å². The highest BCUT2D eigenvalue weighted by molar-refractivity contribution is 6.34. The van der Waals surface area contributed by atoms with Gasteiger partial charge in [-0.1, -0.05) is 17.7 Å². The van der Waals surface area contributed by atoms with Crippen LogP contribution in [0.5, 0.6) is 0 Å². The normalized spacial score (nSPS) is 15.4. The number of benzene rings is 1. The van der Waals surface area contributed by atoms with Crippen LogP contribution in [0.4, 0.5) is 18.9 Å². The van der Waals surface area contributed by atoms with Crippen molar-refractivity contribution in [1.29, 1.82) is 5.26 Å². The fourth-order valence-corrected chi connectivity index (χ4v) is 3.08. The summed E-state index contributed by atoms with van der Waals surface area (Å²) < 4.78 is 44.8. The first kappa shape index (κ1) is 22.4. The van der Waals surface area contributed by atoms with Gasteiger partial charge in [0.25, 0.3) is 0 Å². The highest BCUT2D eigenvalue weighted by Gasteiger charge is 2.34. The number of carbonyl (C=O) groups is 1. The summed E-state index contributed by atoms with van der Waals surface area (Å²) in [5.74, 6) is -0.612. The fourth-order valence-electron chi connectivity index (χ4n) is 2.86. The first-order valence-electron chi connectivity index (χ1n) is 8.86. The number of anilines is 1. The average molecular weight is 419 g/mol. The number of rotatable bonds is 8. The number of nitriles is 1. The Morgan fingerprint density at radius 2 is 2.04 bits per heavy atom. The molecule has 0 spiro atoms. The van der Waals surface area contributed by atoms with Crippen LogP contribution in [0.25, 0.3) is 0 Å². The zero-order valence-corrected chi connectivity index (χ0v) is 16.0. The van der Waals surface area contributed by atoms with Crippen molar-refractivity contribution >= 4 is 23.2 Å². The van der Waals surface area contributed by atoms with Crippen molar-refractivity contribution in [3.8, 4) is 6.07 Å². The van der Waals surface area contributed by atoms with Gasteiger partial charge in [0, 0.05) is 39.1 Å². The number of alkyl halides is 3. The Morgan fingerprint density at radius 3 is 2.68 bits per heavy atom. The van der Waals surface area contributed by atoms with Crippen LogP contribution in [-0.4, -0.2) is 68.2 Å². The van der Waals surface area contributed by atoms with Gasteiger partial charge in [-0.2, -0.15) is 18.4 Å². The summed E-state index contributed by atoms with van der Waals surface area (Å²) in [7, 11) is 0. The van der Waals surface area contributed by atoms with E-state index in [1.807, 2.05) is 6.07 Å². The van der Waals surface area contributed by atoms with Gasteiger partial charge in [-0.15, -0.1) is 0 Å². The van der Waals surface area contributed by atoms with Crippen molar-refractivity contribution in [1.82, 2.24) is 9.80 Å². The predicted octanol–water partition coefficient (Wildman–Crippen LogP) is 2.85. The number of nitrogens with zero attached hydrogens (tertiary/aromatic N) is 3. The van der Waals surface area contributed by atoms with Gasteiger partial charge in [0.1, 0.15) is 0 Å². The topological polar surface area (TPSA) is 68.6 Å². The molecule has 0 unspecified atom stereocenters. The molecule has 1 saturated heterocycles. The van der Waals surface area contributed by atoms with Crippen LogP contribution in [0.15, 0.2) is 18.2 Å². The van der Waals surface area contributed by atoms with E-state index in [2.05, 4.69) is 10.2 Å². The molecule has 0 bridgehead atoms. The van der Waals surface area contributed by atoms with Gasteiger partial charge in [-0.05, 0) is 12.1 Å². The lowest BCUT2D eigenvalue weighted by molar-refractivity contribution is -0.137. The summed E-state index contributed by atoms with van der Waals surface area (Å²) in [5, 5.41) is 10.9. The molecule has 1 aliphatic rings. The maximum absolute atomic E-state index is 13.2. The molecular weight excluding hydrogens is 397 g/mol. The van der Waals surface area contributed by atoms with Crippen LogP contribution in [0.2, 0.25) is 5.02 Å². The van der Waals surface area contributed by atoms with Gasteiger partial charge in [0.2, 0.25) is 5.91 Å². The molecule has 0 aliphatic carbocycles. The van der Waals surface area contributed by atoms with E-state index < -0.39 is 23.3 Å². The highest BCUT2D eigenvalue weighted by Crippen LogP contribution is 2.38. The van der Waals surface area contributed by atoms with Gasteiger partial charge in [0.05, 0.1) is 42.1 Å². The first-order chi connectivity index (χ1) is 13.3. The van der Waals surface area contributed by atoms with Crippen molar-refractivity contribution in [2.75, 3.05) is 57.8 Å². The molecule has 154 valence electrons. The van der Waals surface area contributed by atoms with E-state index in [-0.39, 0.29) is 18.0 Å². The molecule has 1 N–H and O–H groups in total. The number of hydrogen-bond acceptors (Lipinski definition) is 5. The number of amides is 1. The van der Waals surface area contributed by atoms with E-state index in [4.69, 9.17) is 21.6 Å². The number of ether oxygens (including phenoxy) is 1. The SMILES string of the molecule is N#CCCN(CCN1CCOCC1)CC(=O)Nc1c(Cl)cccc1C(F)(F)F. The molecule has 0 aromatic heterocycles. The largest absolute Gasteiger partial charge is 0.418 e. The molecule has 1 aromatic carbocycles. The Morgan fingerprint density at radius 1 is 1.32 bits per heavy atom. The van der Waals surface area contributed by atoms with E-state index in [9.17, 15) is 18.0 Å². The van der Waals surface area contributed by atoms with Crippen molar-refractivity contribution in [2.24, 2.45) is 0 Å². The number of morpholine rings is 1. The number of carbonyl (C=O) groups excluding carboxylic acids is 1. The summed E-state index contributed by atoms with van der Waals surface area (Å²) in [5.41, 5.74) is -1.44. The van der Waals surface area contributed by atoms with E-state index >= 15 is 0 Å². The third-order valence-electron chi connectivity index (χ3n) is 4.33. The lowest BCUT2D eigenvalue weighted by atomic mass is 10.1. The Hall–Kier alpha value is -1.86. The molecule has 1 heterocycles. The zero-order chi connectivity index (χ0) is 20.6. The van der Waals surface area contributed by atoms with E-state index in [0.29, 0.717) is 32.8 Å². The second-order valence-corrected chi connectivity index (χ2v) is 6.75. The van der Waals surface area contributed by atoms with Crippen LogP contribution < -0.4 is 5.32 Å². The second-order valence-electron chi connectivity index (χ2n) is 6.35. The molecule has 1 amide bonds. The van der Waals surface area contributed by atoms with Crippen LogP contribution in [-0.2, 0) is 15.7 Å². The van der Waals surface area contributed by atoms with Crippen molar-refractivity contribution in [3.63, 3.8) is 0 Å². The van der Waals surface area contributed by atoms with Crippen molar-refractivity contribution < 1.29 is 22.7 Å². The van der Waals surface area contributed by atoms with Crippen LogP contribution in [0, 0.1) is 11.3 Å². The molecule has 28 heavy (non-hydrogen) atoms. The molecular formula is C18H22ClF3N4O2. The lowest BCUT2D eigenvalue weighted by Crippen LogP contribution is -2.43. The maximum Gasteiger partial charge on any atom is 0.418 e. The highest BCUT2D eigenvalue weighted by atomic mass is 35.5. The fraction of sp³-hybridized carbons (Fsp3) is 0.556. The van der Waals surface area contributed by atoms with Gasteiger partial charge in [-0.25, -0.2) is 0 Å². The predicted molar refractivity (Wildman–Crippen MR) is 99.0 cm³/mol. The summed E-state index contributed by atoms with van der Waals surface area (Å²) in [6.07, 6.45) is -4.42. The number of hydrogen-bond donors (Lipinski definition) is 1. The molecule has 1 aliphatic heterocycles. The summed E-state index contributed by atoms with van der Waals surface area (Å²) in [6.45, 7) is 4.28. The Bertz CT molecular complexity index is 703. The van der Waals surface area contributed by atoms with Crippen LogP contribution in [0.1, 0.15) is 12.0 Å². The van der Waals surface area contributed by atoms with Gasteiger partial charge < -0.3 is 10.1 Å². The maximum atomic E-state index is 13.2. The second kappa shape index (κ2) is 10.6. The third kappa shape index (κ3) is 6.95. The molecule has 0 radical (unpaired) electrons. The molecule has 0 atom stereocenters. The van der Waals surface area contributed by atoms with Gasteiger partial charge >= 0.3 is 6.18 Å². The number of nitrogens with one attached hydrogen (secondary N) is 1. The Kier molecular flexibility index (Phi) is 8.51. The molecule has 2 rings (SSSR count). The summed E-state index contributed by atoms with van der Waals surface area (Å²) >= 11 is 5.87. The Labute approximate surface area is 166 Å². The minimum atomic E-state index is -4.63. The minimum Gasteiger partial charge on any atom is -0.379 e. The van der Waals surface area contributed by atoms with Crippen molar-refractivity contribution in [2.45, 2.75) is 12.6 Å². The first-order valence-corrected chi connectivity index (χ1v) is 9.24. The third-order valence-corrected chi connectivity index (χ3v) is 4.64. The molecule has 1 fully saturated rings.